The lowest BCUT2D eigenvalue weighted by Gasteiger charge is -1.94. The maximum atomic E-state index is 11.4. The van der Waals surface area contributed by atoms with E-state index in [1.54, 1.807) is 18.2 Å². The minimum Gasteiger partial charge on any atom is -0.465 e. The number of fused-ring (bicyclic) bond motifs is 1. The third-order valence-corrected chi connectivity index (χ3v) is 3.99. The molecule has 0 fully saturated rings. The van der Waals surface area contributed by atoms with E-state index in [9.17, 15) is 4.79 Å². The second-order valence-corrected chi connectivity index (χ2v) is 5.38. The number of hydrogen-bond donors (Lipinski definition) is 0. The molecule has 22 heavy (non-hydrogen) atoms. The highest BCUT2D eigenvalue weighted by Crippen LogP contribution is 2.31. The lowest BCUT2D eigenvalue weighted by molar-refractivity contribution is -0.135. The summed E-state index contributed by atoms with van der Waals surface area (Å²) < 4.78 is 11.2. The fraction of sp³-hybridized carbons (Fsp3) is 0.0625. The van der Waals surface area contributed by atoms with Crippen LogP contribution in [0, 0.1) is 11.3 Å². The van der Waals surface area contributed by atoms with Gasteiger partial charge in [-0.3, -0.25) is 0 Å². The van der Waals surface area contributed by atoms with Gasteiger partial charge in [-0.25, -0.2) is 9.78 Å². The van der Waals surface area contributed by atoms with Gasteiger partial charge in [-0.15, -0.1) is 11.3 Å². The fourth-order valence-electron chi connectivity index (χ4n) is 1.91. The molecule has 5 nitrogen and oxygen atoms in total. The van der Waals surface area contributed by atoms with Crippen molar-refractivity contribution in [2.24, 2.45) is 0 Å². The third kappa shape index (κ3) is 2.62. The van der Waals surface area contributed by atoms with Crippen molar-refractivity contribution in [1.29, 1.82) is 5.26 Å². The molecule has 0 aliphatic carbocycles. The van der Waals surface area contributed by atoms with Gasteiger partial charge in [0.1, 0.15) is 17.4 Å². The van der Waals surface area contributed by atoms with Crippen LogP contribution in [-0.4, -0.2) is 18.1 Å². The molecule has 0 bridgehead atoms. The van der Waals surface area contributed by atoms with Crippen molar-refractivity contribution in [3.8, 4) is 16.8 Å². The van der Waals surface area contributed by atoms with Crippen LogP contribution in [-0.2, 0) is 9.53 Å². The Bertz CT molecular complexity index is 882. The van der Waals surface area contributed by atoms with Gasteiger partial charge in [0.25, 0.3) is 0 Å². The van der Waals surface area contributed by atoms with Crippen molar-refractivity contribution in [3.05, 3.63) is 47.7 Å². The molecule has 0 aliphatic heterocycles. The van der Waals surface area contributed by atoms with Crippen LogP contribution < -0.4 is 0 Å². The summed E-state index contributed by atoms with van der Waals surface area (Å²) in [4.78, 5) is 15.9. The first-order chi connectivity index (χ1) is 10.7. The topological polar surface area (TPSA) is 76.1 Å². The van der Waals surface area contributed by atoms with E-state index in [2.05, 4.69) is 9.72 Å². The summed E-state index contributed by atoms with van der Waals surface area (Å²) in [5.41, 5.74) is 0.788. The number of aromatic nitrogens is 1. The summed E-state index contributed by atoms with van der Waals surface area (Å²) in [6.07, 6.45) is 1.35. The van der Waals surface area contributed by atoms with E-state index >= 15 is 0 Å². The van der Waals surface area contributed by atoms with Gasteiger partial charge >= 0.3 is 5.97 Å². The van der Waals surface area contributed by atoms with Gasteiger partial charge in [0.05, 0.1) is 17.3 Å². The maximum absolute atomic E-state index is 11.4. The number of carbonyl (C=O) groups excluding carboxylic acids is 1. The molecule has 0 N–H and O–H groups in total. The first-order valence-corrected chi connectivity index (χ1v) is 7.19. The lowest BCUT2D eigenvalue weighted by Crippen LogP contribution is -2.02. The standard InChI is InChI=1S/C16H10N2O3S/c1-20-16(19)10(9-17)8-11-6-7-13(21-11)15-18-12-4-2-3-5-14(12)22-15/h2-8H,1H3. The van der Waals surface area contributed by atoms with Gasteiger partial charge in [0.2, 0.25) is 0 Å². The van der Waals surface area contributed by atoms with Crippen molar-refractivity contribution in [3.63, 3.8) is 0 Å². The molecule has 0 aliphatic rings. The van der Waals surface area contributed by atoms with Crippen molar-refractivity contribution < 1.29 is 13.9 Å². The molecule has 3 rings (SSSR count). The van der Waals surface area contributed by atoms with E-state index in [-0.39, 0.29) is 5.57 Å². The van der Waals surface area contributed by atoms with Gasteiger partial charge < -0.3 is 9.15 Å². The molecule has 0 saturated heterocycles. The number of nitrogens with zero attached hydrogens (tertiary/aromatic N) is 2. The summed E-state index contributed by atoms with van der Waals surface area (Å²) in [7, 11) is 1.22. The molecule has 6 heteroatoms. The molecule has 0 saturated carbocycles. The zero-order valence-corrected chi connectivity index (χ0v) is 12.4. The number of benzene rings is 1. The number of rotatable bonds is 3. The van der Waals surface area contributed by atoms with Crippen LogP contribution in [0.1, 0.15) is 5.76 Å². The molecule has 0 unspecified atom stereocenters. The molecule has 108 valence electrons. The summed E-state index contributed by atoms with van der Waals surface area (Å²) in [5, 5.41) is 9.68. The quantitative estimate of drug-likeness (QED) is 0.419. The zero-order valence-electron chi connectivity index (χ0n) is 11.6. The number of para-hydroxylation sites is 1. The lowest BCUT2D eigenvalue weighted by atomic mass is 10.2. The maximum Gasteiger partial charge on any atom is 0.348 e. The SMILES string of the molecule is COC(=O)C(C#N)=Cc1ccc(-c2nc3ccccc3s2)o1. The van der Waals surface area contributed by atoms with E-state index in [1.807, 2.05) is 24.3 Å². The van der Waals surface area contributed by atoms with Crippen LogP contribution >= 0.6 is 11.3 Å². The first kappa shape index (κ1) is 14.0. The van der Waals surface area contributed by atoms with Crippen molar-refractivity contribution in [2.45, 2.75) is 0 Å². The van der Waals surface area contributed by atoms with Crippen LogP contribution in [0.3, 0.4) is 0 Å². The summed E-state index contributed by atoms with van der Waals surface area (Å²) >= 11 is 1.52. The predicted octanol–water partition coefficient (Wildman–Crippen LogP) is 3.64. The van der Waals surface area contributed by atoms with Gasteiger partial charge in [-0.1, -0.05) is 12.1 Å². The molecule has 0 spiro atoms. The van der Waals surface area contributed by atoms with Crippen molar-refractivity contribution in [1.82, 2.24) is 4.98 Å². The normalized spacial score (nSPS) is 11.4. The van der Waals surface area contributed by atoms with Crippen LogP contribution in [0.2, 0.25) is 0 Å². The fourth-order valence-corrected chi connectivity index (χ4v) is 2.84. The van der Waals surface area contributed by atoms with Crippen LogP contribution in [0.5, 0.6) is 0 Å². The summed E-state index contributed by atoms with van der Waals surface area (Å²) in [5.74, 6) is 0.297. The molecule has 2 heterocycles. The van der Waals surface area contributed by atoms with E-state index < -0.39 is 5.97 Å². The number of ether oxygens (including phenoxy) is 1. The highest BCUT2D eigenvalue weighted by Gasteiger charge is 2.12. The molecule has 0 amide bonds. The average molecular weight is 310 g/mol. The monoisotopic (exact) mass is 310 g/mol. The zero-order chi connectivity index (χ0) is 15.5. The van der Waals surface area contributed by atoms with Gasteiger partial charge in [-0.05, 0) is 24.3 Å². The number of esters is 1. The Balaban J connectivity index is 1.95. The Kier molecular flexibility index (Phi) is 3.73. The minimum atomic E-state index is -0.694. The molecular weight excluding hydrogens is 300 g/mol. The largest absolute Gasteiger partial charge is 0.465 e. The Morgan fingerprint density at radius 2 is 2.18 bits per heavy atom. The van der Waals surface area contributed by atoms with Crippen molar-refractivity contribution >= 4 is 33.6 Å². The number of nitriles is 1. The van der Waals surface area contributed by atoms with Crippen molar-refractivity contribution in [2.75, 3.05) is 7.11 Å². The van der Waals surface area contributed by atoms with Gasteiger partial charge in [0, 0.05) is 6.08 Å². The highest BCUT2D eigenvalue weighted by molar-refractivity contribution is 7.21. The van der Waals surface area contributed by atoms with Gasteiger partial charge in [-0.2, -0.15) is 5.26 Å². The molecular formula is C16H10N2O3S. The van der Waals surface area contributed by atoms with E-state index in [0.717, 1.165) is 15.2 Å². The van der Waals surface area contributed by atoms with E-state index in [1.165, 1.54) is 24.5 Å². The second-order valence-electron chi connectivity index (χ2n) is 4.35. The number of methoxy groups -OCH3 is 1. The van der Waals surface area contributed by atoms with Crippen LogP contribution in [0.4, 0.5) is 0 Å². The first-order valence-electron chi connectivity index (χ1n) is 6.37. The minimum absolute atomic E-state index is 0.118. The third-order valence-electron chi connectivity index (χ3n) is 2.94. The van der Waals surface area contributed by atoms with Crippen LogP contribution in [0.15, 0.2) is 46.4 Å². The molecule has 2 aromatic heterocycles. The molecule has 0 radical (unpaired) electrons. The van der Waals surface area contributed by atoms with E-state index in [0.29, 0.717) is 11.5 Å². The number of thiazole rings is 1. The summed E-state index contributed by atoms with van der Waals surface area (Å²) in [6.45, 7) is 0. The predicted molar refractivity (Wildman–Crippen MR) is 82.9 cm³/mol. The number of carbonyl (C=O) groups is 1. The number of hydrogen-bond acceptors (Lipinski definition) is 6. The Hall–Kier alpha value is -2.91. The van der Waals surface area contributed by atoms with Gasteiger partial charge in [0.15, 0.2) is 10.8 Å². The Morgan fingerprint density at radius 3 is 2.91 bits per heavy atom. The smallest absolute Gasteiger partial charge is 0.348 e. The second kappa shape index (κ2) is 5.84. The number of furan rings is 1. The Labute approximate surface area is 130 Å². The molecule has 1 aromatic carbocycles. The molecule has 3 aromatic rings. The average Bonchev–Trinajstić information content (AvgIpc) is 3.17. The van der Waals surface area contributed by atoms with E-state index in [4.69, 9.17) is 9.68 Å². The van der Waals surface area contributed by atoms with Crippen LogP contribution in [0.25, 0.3) is 27.1 Å². The Morgan fingerprint density at radius 1 is 1.36 bits per heavy atom. The summed E-state index contributed by atoms with van der Waals surface area (Å²) in [6, 6.07) is 13.0. The molecule has 0 atom stereocenters. The highest BCUT2D eigenvalue weighted by atomic mass is 32.1.